The first-order valence-corrected chi connectivity index (χ1v) is 6.54. The van der Waals surface area contributed by atoms with Gasteiger partial charge in [-0.1, -0.05) is 60.7 Å². The van der Waals surface area contributed by atoms with Crippen LogP contribution in [0.1, 0.15) is 22.8 Å². The van der Waals surface area contributed by atoms with E-state index in [1.807, 2.05) is 66.7 Å². The van der Waals surface area contributed by atoms with Gasteiger partial charge in [0.1, 0.15) is 6.10 Å². The number of benzene rings is 2. The van der Waals surface area contributed by atoms with E-state index in [1.165, 1.54) is 6.08 Å². The molecule has 0 aliphatic heterocycles. The number of hydrogen-bond acceptors (Lipinski definition) is 2. The maximum absolute atomic E-state index is 11.8. The molecule has 0 N–H and O–H groups in total. The molecule has 1 atom stereocenters. The Labute approximate surface area is 118 Å². The molecule has 0 saturated carbocycles. The summed E-state index contributed by atoms with van der Waals surface area (Å²) in [7, 11) is 0. The van der Waals surface area contributed by atoms with Crippen molar-refractivity contribution in [1.82, 2.24) is 0 Å². The third kappa shape index (κ3) is 2.69. The number of carbonyl (C=O) groups is 1. The molecule has 1 unspecified atom stereocenters. The zero-order chi connectivity index (χ0) is 13.8. The zero-order valence-corrected chi connectivity index (χ0v) is 10.9. The van der Waals surface area contributed by atoms with Gasteiger partial charge in [0.2, 0.25) is 0 Å². The first kappa shape index (κ1) is 12.4. The van der Waals surface area contributed by atoms with Crippen molar-refractivity contribution in [1.29, 1.82) is 0 Å². The topological polar surface area (TPSA) is 26.3 Å². The minimum atomic E-state index is -0.333. The maximum Gasteiger partial charge on any atom is 0.331 e. The molecule has 0 fully saturated rings. The van der Waals surface area contributed by atoms with Crippen molar-refractivity contribution in [2.24, 2.45) is 0 Å². The predicted molar refractivity (Wildman–Crippen MR) is 79.8 cm³/mol. The lowest BCUT2D eigenvalue weighted by Gasteiger charge is -2.10. The van der Waals surface area contributed by atoms with Gasteiger partial charge >= 0.3 is 5.97 Å². The quantitative estimate of drug-likeness (QED) is 0.617. The van der Waals surface area contributed by atoms with Crippen molar-refractivity contribution >= 4 is 18.1 Å². The Morgan fingerprint density at radius 1 is 1.00 bits per heavy atom. The molecule has 0 saturated heterocycles. The van der Waals surface area contributed by atoms with Crippen LogP contribution < -0.4 is 0 Å². The summed E-state index contributed by atoms with van der Waals surface area (Å²) < 4.78 is 5.45. The average molecular weight is 262 g/mol. The van der Waals surface area contributed by atoms with Crippen LogP contribution in [0, 0.1) is 0 Å². The van der Waals surface area contributed by atoms with Gasteiger partial charge < -0.3 is 4.74 Å². The highest BCUT2D eigenvalue weighted by Gasteiger charge is 2.19. The van der Waals surface area contributed by atoms with Gasteiger partial charge in [-0.2, -0.15) is 0 Å². The molecule has 0 spiro atoms. The first-order chi connectivity index (χ1) is 9.83. The van der Waals surface area contributed by atoms with Gasteiger partial charge in [-0.15, -0.1) is 0 Å². The van der Waals surface area contributed by atoms with Crippen molar-refractivity contribution in [3.8, 4) is 0 Å². The smallest absolute Gasteiger partial charge is 0.331 e. The first-order valence-electron chi connectivity index (χ1n) is 6.54. The fourth-order valence-electron chi connectivity index (χ4n) is 2.21. The molecule has 20 heavy (non-hydrogen) atoms. The van der Waals surface area contributed by atoms with Crippen molar-refractivity contribution in [3.05, 3.63) is 83.4 Å². The van der Waals surface area contributed by atoms with E-state index in [0.29, 0.717) is 0 Å². The molecule has 0 heterocycles. The van der Waals surface area contributed by atoms with E-state index >= 15 is 0 Å². The summed E-state index contributed by atoms with van der Waals surface area (Å²) in [5.41, 5.74) is 3.12. The molecule has 0 aromatic heterocycles. The van der Waals surface area contributed by atoms with Gasteiger partial charge in [-0.25, -0.2) is 4.79 Å². The zero-order valence-electron chi connectivity index (χ0n) is 10.9. The molecular weight excluding hydrogens is 248 g/mol. The summed E-state index contributed by atoms with van der Waals surface area (Å²) in [5.74, 6) is -0.333. The summed E-state index contributed by atoms with van der Waals surface area (Å²) in [5, 5.41) is 0. The van der Waals surface area contributed by atoms with Crippen LogP contribution in [0.4, 0.5) is 0 Å². The Morgan fingerprint density at radius 3 is 2.60 bits per heavy atom. The van der Waals surface area contributed by atoms with Crippen LogP contribution in [0.5, 0.6) is 0 Å². The normalized spacial score (nSPS) is 16.3. The molecule has 2 nitrogen and oxygen atoms in total. The predicted octanol–water partition coefficient (Wildman–Crippen LogP) is 4.01. The summed E-state index contributed by atoms with van der Waals surface area (Å²) in [6.45, 7) is 0. The molecule has 0 radical (unpaired) electrons. The molecule has 0 bridgehead atoms. The number of fused-ring (bicyclic) bond motifs is 1. The number of hydrogen-bond donors (Lipinski definition) is 0. The Hall–Kier alpha value is -2.61. The Balaban J connectivity index is 1.66. The molecule has 1 aliphatic carbocycles. The SMILES string of the molecule is O=C(C=Cc1ccccc1)OC1C=Cc2ccccc21. The minimum absolute atomic E-state index is 0.279. The van der Waals surface area contributed by atoms with Crippen LogP contribution >= 0.6 is 0 Å². The second-order valence-corrected chi connectivity index (χ2v) is 4.59. The number of rotatable bonds is 3. The van der Waals surface area contributed by atoms with Crippen LogP contribution in [0.3, 0.4) is 0 Å². The monoisotopic (exact) mass is 262 g/mol. The van der Waals surface area contributed by atoms with Crippen LogP contribution in [0.15, 0.2) is 66.7 Å². The van der Waals surface area contributed by atoms with Crippen LogP contribution in [-0.2, 0) is 9.53 Å². The van der Waals surface area contributed by atoms with Crippen molar-refractivity contribution in [3.63, 3.8) is 0 Å². The molecule has 1 aliphatic rings. The van der Waals surface area contributed by atoms with Gasteiger partial charge in [0.25, 0.3) is 0 Å². The van der Waals surface area contributed by atoms with E-state index in [4.69, 9.17) is 4.74 Å². The fraction of sp³-hybridized carbons (Fsp3) is 0.0556. The number of carbonyl (C=O) groups excluding carboxylic acids is 1. The van der Waals surface area contributed by atoms with E-state index in [-0.39, 0.29) is 12.1 Å². The summed E-state index contributed by atoms with van der Waals surface area (Å²) in [6, 6.07) is 17.6. The minimum Gasteiger partial charge on any atom is -0.450 e. The number of ether oxygens (including phenoxy) is 1. The molecule has 0 amide bonds. The van der Waals surface area contributed by atoms with Gasteiger partial charge in [0.05, 0.1) is 0 Å². The molecule has 98 valence electrons. The van der Waals surface area contributed by atoms with Gasteiger partial charge in [-0.3, -0.25) is 0 Å². The van der Waals surface area contributed by atoms with Crippen molar-refractivity contribution in [2.45, 2.75) is 6.10 Å². The average Bonchev–Trinajstić information content (AvgIpc) is 2.90. The standard InChI is InChI=1S/C18H14O2/c19-18(13-10-14-6-2-1-3-7-14)20-17-12-11-15-8-4-5-9-16(15)17/h1-13,17H. The van der Waals surface area contributed by atoms with Crippen LogP contribution in [0.2, 0.25) is 0 Å². The van der Waals surface area contributed by atoms with E-state index in [2.05, 4.69) is 0 Å². The lowest BCUT2D eigenvalue weighted by Crippen LogP contribution is -2.05. The highest BCUT2D eigenvalue weighted by molar-refractivity contribution is 5.87. The molecule has 2 heteroatoms. The Kier molecular flexibility index (Phi) is 3.46. The van der Waals surface area contributed by atoms with Crippen molar-refractivity contribution < 1.29 is 9.53 Å². The van der Waals surface area contributed by atoms with Gasteiger partial charge in [0, 0.05) is 11.6 Å². The Bertz CT molecular complexity index is 669. The van der Waals surface area contributed by atoms with Crippen molar-refractivity contribution in [2.75, 3.05) is 0 Å². The Morgan fingerprint density at radius 2 is 1.75 bits per heavy atom. The summed E-state index contributed by atoms with van der Waals surface area (Å²) in [6.07, 6.45) is 6.82. The van der Waals surface area contributed by atoms with Gasteiger partial charge in [0.15, 0.2) is 0 Å². The van der Waals surface area contributed by atoms with Crippen LogP contribution in [-0.4, -0.2) is 5.97 Å². The number of esters is 1. The fourth-order valence-corrected chi connectivity index (χ4v) is 2.21. The van der Waals surface area contributed by atoms with E-state index < -0.39 is 0 Å². The molecule has 3 rings (SSSR count). The highest BCUT2D eigenvalue weighted by Crippen LogP contribution is 2.30. The molecular formula is C18H14O2. The highest BCUT2D eigenvalue weighted by atomic mass is 16.5. The molecule has 2 aromatic rings. The second-order valence-electron chi connectivity index (χ2n) is 4.59. The molecule has 2 aromatic carbocycles. The lowest BCUT2D eigenvalue weighted by atomic mass is 10.1. The second kappa shape index (κ2) is 5.57. The van der Waals surface area contributed by atoms with Gasteiger partial charge in [-0.05, 0) is 23.3 Å². The lowest BCUT2D eigenvalue weighted by molar-refractivity contribution is -0.140. The van der Waals surface area contributed by atoms with E-state index in [0.717, 1.165) is 16.7 Å². The third-order valence-electron chi connectivity index (χ3n) is 3.21. The summed E-state index contributed by atoms with van der Waals surface area (Å²) in [4.78, 5) is 11.8. The third-order valence-corrected chi connectivity index (χ3v) is 3.21. The van der Waals surface area contributed by atoms with E-state index in [1.54, 1.807) is 6.08 Å². The van der Waals surface area contributed by atoms with Crippen LogP contribution in [0.25, 0.3) is 12.2 Å². The summed E-state index contributed by atoms with van der Waals surface area (Å²) >= 11 is 0. The maximum atomic E-state index is 11.8. The largest absolute Gasteiger partial charge is 0.450 e. The van der Waals surface area contributed by atoms with E-state index in [9.17, 15) is 4.79 Å².